The molecule has 0 aromatic heterocycles. The fourth-order valence-electron chi connectivity index (χ4n) is 11.6. The summed E-state index contributed by atoms with van der Waals surface area (Å²) in [6.07, 6.45) is 4.61. The molecule has 1 aliphatic heterocycles. The summed E-state index contributed by atoms with van der Waals surface area (Å²) in [5.41, 5.74) is -2.95. The number of ether oxygens (including phenoxy) is 7. The summed E-state index contributed by atoms with van der Waals surface area (Å²) in [6, 6.07) is 2.79. The lowest BCUT2D eigenvalue weighted by Gasteiger charge is -2.27. The van der Waals surface area contributed by atoms with E-state index < -0.39 is 142 Å². The van der Waals surface area contributed by atoms with Crippen LogP contribution in [0.25, 0.3) is 0 Å². The molecule has 2 aromatic rings. The van der Waals surface area contributed by atoms with E-state index in [-0.39, 0.29) is 152 Å². The smallest absolute Gasteiger partial charge is 0.407 e. The first-order valence-electron chi connectivity index (χ1n) is 41.7. The lowest BCUT2D eigenvalue weighted by atomic mass is 10.0. The zero-order valence-corrected chi connectivity index (χ0v) is 74.4. The van der Waals surface area contributed by atoms with Gasteiger partial charge in [-0.25, -0.2) is 19.2 Å². The van der Waals surface area contributed by atoms with Gasteiger partial charge in [-0.3, -0.25) is 62.4 Å². The van der Waals surface area contributed by atoms with Gasteiger partial charge in [0, 0.05) is 94.1 Å². The number of phenolic OH excluding ortho intramolecular Hbond substituents is 1. The van der Waals surface area contributed by atoms with Crippen molar-refractivity contribution in [1.82, 2.24) is 58.1 Å². The molecule has 6 atom stereocenters. The molecule has 0 aliphatic carbocycles. The van der Waals surface area contributed by atoms with Gasteiger partial charge in [-0.1, -0.05) is 32.8 Å². The Morgan fingerprint density at radius 1 is 0.418 bits per heavy atom. The van der Waals surface area contributed by atoms with Crippen molar-refractivity contribution in [3.63, 3.8) is 0 Å². The minimum Gasteiger partial charge on any atom is -0.506 e. The quantitative estimate of drug-likeness (QED) is 0.0105. The van der Waals surface area contributed by atoms with Crippen LogP contribution in [-0.4, -0.2) is 228 Å². The number of urea groups is 1. The molecule has 2 aromatic carbocycles. The first-order chi connectivity index (χ1) is 56.9. The van der Waals surface area contributed by atoms with Crippen LogP contribution in [0.1, 0.15) is 254 Å². The summed E-state index contributed by atoms with van der Waals surface area (Å²) in [5, 5.41) is 40.5. The summed E-state index contributed by atoms with van der Waals surface area (Å²) in [7, 11) is 0. The number of hydrogen-bond acceptors (Lipinski definition) is 24. The van der Waals surface area contributed by atoms with Crippen molar-refractivity contribution >= 4 is 101 Å². The van der Waals surface area contributed by atoms with Crippen molar-refractivity contribution in [3.8, 4) is 5.75 Å². The summed E-state index contributed by atoms with van der Waals surface area (Å²) >= 11 is 0. The van der Waals surface area contributed by atoms with Gasteiger partial charge in [-0.2, -0.15) is 0 Å². The molecular weight excluding hydrogens is 1590 g/mol. The van der Waals surface area contributed by atoms with Crippen LogP contribution >= 0.6 is 0 Å². The van der Waals surface area contributed by atoms with Gasteiger partial charge in [0.25, 0.3) is 23.6 Å². The highest BCUT2D eigenvalue weighted by molar-refractivity contribution is 6.13. The lowest BCUT2D eigenvalue weighted by Crippen LogP contribution is -2.57. The molecule has 1 heterocycles. The normalized spacial score (nSPS) is 13.8. The van der Waals surface area contributed by atoms with Crippen molar-refractivity contribution in [2.24, 2.45) is 5.92 Å². The van der Waals surface area contributed by atoms with E-state index in [0.717, 1.165) is 29.9 Å². The Morgan fingerprint density at radius 2 is 0.893 bits per heavy atom. The van der Waals surface area contributed by atoms with Gasteiger partial charge in [0.1, 0.15) is 64.0 Å². The number of carbonyl (C=O) groups excluding carboxylic acids is 16. The molecule has 122 heavy (non-hydrogen) atoms. The molecule has 12 N–H and O–H groups in total. The maximum Gasteiger partial charge on any atom is 0.407 e. The van der Waals surface area contributed by atoms with E-state index in [1.54, 1.807) is 136 Å². The summed E-state index contributed by atoms with van der Waals surface area (Å²) in [6.45, 7) is 31.7. The summed E-state index contributed by atoms with van der Waals surface area (Å²) in [5.74, 6) is -8.71. The van der Waals surface area contributed by atoms with Crippen LogP contribution in [0, 0.1) is 5.92 Å². The monoisotopic (exact) mass is 1720 g/mol. The van der Waals surface area contributed by atoms with E-state index >= 15 is 0 Å². The van der Waals surface area contributed by atoms with Gasteiger partial charge >= 0.3 is 36.0 Å². The molecule has 1 aliphatic rings. The molecule has 0 radical (unpaired) electrons. The standard InChI is InChI=1S/C86H134N12O24/c1-54(2)72(77(111)91-55(3)73(107)94-63-53-56(28-36-64(63)99)52-59(92-81(115)122-86(16,17)18)33-40-70(105)118-82(4,5)6)97-76(110)60(93-67(102)27-25-47-98-68(103)38-39-69(98)104)26-21-24-44-88-66(101)42-48-116-50-51-117-49-46-90-75(109)58-31-29-57(30-32-58)74(108)89-45-23-20-19-22-43-87-65(100)37-34-61(78(112)120-84(10,11)12)95-80(114)96-62(79(113)121-85(13,14)15)35-41-71(106)119-83(7,8)9/h28-32,36,38-39,53-55,59-62,72,99H,19-27,33-35,37,40-52H2,1-18H3,(H,87,100)(H,88,101)(H,89,108)(H,90,109)(H,91,111)(H,92,115)(H,93,102)(H,94,107)(H,97,110)(H2,95,96,114)/t55-,59+,60-,61-,62-,72-/m0/s1. The number of benzene rings is 2. The molecule has 682 valence electrons. The van der Waals surface area contributed by atoms with Crippen LogP contribution in [-0.2, 0) is 97.1 Å². The predicted molar refractivity (Wildman–Crippen MR) is 451 cm³/mol. The summed E-state index contributed by atoms with van der Waals surface area (Å²) in [4.78, 5) is 209. The fraction of sp³-hybridized carbons (Fsp3) is 0.651. The third-order valence-electron chi connectivity index (χ3n) is 17.4. The third-order valence-corrected chi connectivity index (χ3v) is 17.4. The van der Waals surface area contributed by atoms with Crippen molar-refractivity contribution in [1.29, 1.82) is 0 Å². The van der Waals surface area contributed by atoms with Crippen LogP contribution in [0.5, 0.6) is 5.75 Å². The fourth-order valence-corrected chi connectivity index (χ4v) is 11.6. The molecule has 36 nitrogen and oxygen atoms in total. The number of rotatable bonds is 51. The maximum atomic E-state index is 14.1. The van der Waals surface area contributed by atoms with Gasteiger partial charge in [0.15, 0.2) is 0 Å². The van der Waals surface area contributed by atoms with E-state index in [0.29, 0.717) is 55.5 Å². The van der Waals surface area contributed by atoms with Crippen LogP contribution < -0.4 is 58.5 Å². The number of unbranched alkanes of at least 4 members (excludes halogenated alkanes) is 4. The van der Waals surface area contributed by atoms with Gasteiger partial charge < -0.3 is 96.7 Å². The molecule has 0 saturated heterocycles. The molecule has 36 heteroatoms. The highest BCUT2D eigenvalue weighted by Crippen LogP contribution is 2.27. The number of alkyl carbamates (subject to hydrolysis) is 1. The Bertz CT molecular complexity index is 3850. The van der Waals surface area contributed by atoms with Crippen LogP contribution in [0.15, 0.2) is 54.6 Å². The molecule has 0 saturated carbocycles. The number of phenols is 1. The first-order valence-corrected chi connectivity index (χ1v) is 41.7. The predicted octanol–water partition coefficient (Wildman–Crippen LogP) is 6.89. The van der Waals surface area contributed by atoms with Crippen LogP contribution in [0.3, 0.4) is 0 Å². The van der Waals surface area contributed by atoms with E-state index in [1.165, 1.54) is 31.2 Å². The Morgan fingerprint density at radius 3 is 1.41 bits per heavy atom. The van der Waals surface area contributed by atoms with Crippen LogP contribution in [0.2, 0.25) is 0 Å². The van der Waals surface area contributed by atoms with Gasteiger partial charge in [-0.15, -0.1) is 0 Å². The second-order valence-corrected chi connectivity index (χ2v) is 35.0. The topological polar surface area (TPSA) is 494 Å². The van der Waals surface area contributed by atoms with Crippen molar-refractivity contribution < 1.29 is 115 Å². The number of carbonyl (C=O) groups is 16. The molecule has 0 unspecified atom stereocenters. The second kappa shape index (κ2) is 51.9. The molecule has 0 spiro atoms. The van der Waals surface area contributed by atoms with E-state index in [1.807, 2.05) is 0 Å². The molecule has 3 rings (SSSR count). The number of amides is 13. The average Bonchev–Trinajstić information content (AvgIpc) is 1.09. The minimum atomic E-state index is -1.28. The van der Waals surface area contributed by atoms with Crippen LogP contribution in [0.4, 0.5) is 15.3 Å². The number of nitrogens with one attached hydrogen (secondary N) is 11. The van der Waals surface area contributed by atoms with Crippen molar-refractivity contribution in [2.45, 2.75) is 298 Å². The van der Waals surface area contributed by atoms with Gasteiger partial charge in [0.05, 0.1) is 32.1 Å². The number of imide groups is 1. The zero-order chi connectivity index (χ0) is 91.7. The van der Waals surface area contributed by atoms with Crippen molar-refractivity contribution in [2.75, 3.05) is 64.5 Å². The largest absolute Gasteiger partial charge is 0.506 e. The Kier molecular flexibility index (Phi) is 44.8. The third kappa shape index (κ3) is 46.3. The van der Waals surface area contributed by atoms with E-state index in [4.69, 9.17) is 33.2 Å². The molecule has 0 bridgehead atoms. The maximum absolute atomic E-state index is 14.1. The summed E-state index contributed by atoms with van der Waals surface area (Å²) < 4.78 is 38.4. The molecule has 0 fully saturated rings. The second-order valence-electron chi connectivity index (χ2n) is 35.0. The number of esters is 4. The lowest BCUT2D eigenvalue weighted by molar-refractivity contribution is -0.159. The van der Waals surface area contributed by atoms with E-state index in [9.17, 15) is 81.8 Å². The zero-order valence-electron chi connectivity index (χ0n) is 74.4. The highest BCUT2D eigenvalue weighted by atomic mass is 16.6. The number of aromatic hydroxyl groups is 1. The number of hydrogen-bond donors (Lipinski definition) is 12. The average molecular weight is 1720 g/mol. The minimum absolute atomic E-state index is 0.0184. The van der Waals surface area contributed by atoms with Gasteiger partial charge in [0.2, 0.25) is 35.4 Å². The van der Waals surface area contributed by atoms with Gasteiger partial charge in [-0.05, 0) is 223 Å². The SMILES string of the molecule is CC(C)[C@H](NC(=O)[C@H](CCCCNC(=O)CCOCCOCCNC(=O)c1ccc(C(=O)NCCCCCCNC(=O)CC[C@H](NC(=O)N[C@@H](CCC(=O)OC(C)(C)C)C(=O)OC(C)(C)C)C(=O)OC(C)(C)C)cc1)NC(=O)CCCN1C(=O)C=CC1=O)C(=O)N[C@@H](C)C(=O)Nc1cc(C[C@@H](CCC(=O)OC(C)(C)C)NC(=O)OC(C)(C)C)ccc1O. The number of nitrogens with zero attached hydrogens (tertiary/aromatic N) is 1. The Balaban J connectivity index is 1.39. The van der Waals surface area contributed by atoms with E-state index in [2.05, 4.69) is 58.5 Å². The Hall–Kier alpha value is -10.8. The molecular formula is C86H134N12O24. The highest BCUT2D eigenvalue weighted by Gasteiger charge is 2.35. The molecule has 13 amide bonds. The van der Waals surface area contributed by atoms with Crippen molar-refractivity contribution in [3.05, 3.63) is 71.3 Å². The first kappa shape index (κ1) is 105. The Labute approximate surface area is 716 Å². The number of anilines is 1.